The summed E-state index contributed by atoms with van der Waals surface area (Å²) in [5.74, 6) is 0.611. The van der Waals surface area contributed by atoms with Crippen molar-refractivity contribution in [1.29, 1.82) is 0 Å². The first-order valence-corrected chi connectivity index (χ1v) is 11.4. The highest BCUT2D eigenvalue weighted by molar-refractivity contribution is 7.89. The van der Waals surface area contributed by atoms with Crippen molar-refractivity contribution < 1.29 is 22.7 Å². The van der Waals surface area contributed by atoms with E-state index in [2.05, 4.69) is 5.32 Å². The highest BCUT2D eigenvalue weighted by Crippen LogP contribution is 2.30. The number of ether oxygens (including phenoxy) is 2. The zero-order chi connectivity index (χ0) is 21.7. The number of nitrogens with zero attached hydrogens (tertiary/aromatic N) is 1. The molecule has 7 nitrogen and oxygen atoms in total. The summed E-state index contributed by atoms with van der Waals surface area (Å²) in [7, 11) is -0.622. The van der Waals surface area contributed by atoms with Crippen molar-refractivity contribution >= 4 is 21.6 Å². The smallest absolute Gasteiger partial charge is 0.255 e. The quantitative estimate of drug-likeness (QED) is 0.750. The summed E-state index contributed by atoms with van der Waals surface area (Å²) in [5, 5.41) is 2.77. The molecule has 0 bridgehead atoms. The molecular weight excluding hydrogens is 404 g/mol. The summed E-state index contributed by atoms with van der Waals surface area (Å²) in [5.41, 5.74) is 1.62. The first kappa shape index (κ1) is 22.1. The number of amides is 1. The van der Waals surface area contributed by atoms with Gasteiger partial charge in [-0.3, -0.25) is 4.79 Å². The second kappa shape index (κ2) is 9.49. The molecule has 0 unspecified atom stereocenters. The van der Waals surface area contributed by atoms with Crippen molar-refractivity contribution in [2.24, 2.45) is 0 Å². The summed E-state index contributed by atoms with van der Waals surface area (Å²) in [6.45, 7) is 2.92. The maximum absolute atomic E-state index is 13.1. The van der Waals surface area contributed by atoms with Crippen molar-refractivity contribution in [1.82, 2.24) is 4.31 Å². The summed E-state index contributed by atoms with van der Waals surface area (Å²) >= 11 is 0. The number of carbonyl (C=O) groups is 1. The highest BCUT2D eigenvalue weighted by atomic mass is 32.2. The van der Waals surface area contributed by atoms with E-state index in [4.69, 9.17) is 9.47 Å². The molecule has 1 amide bonds. The van der Waals surface area contributed by atoms with E-state index in [0.29, 0.717) is 35.8 Å². The molecule has 0 saturated carbocycles. The van der Waals surface area contributed by atoms with E-state index in [0.717, 1.165) is 31.2 Å². The van der Waals surface area contributed by atoms with Crippen LogP contribution in [-0.4, -0.2) is 45.9 Å². The van der Waals surface area contributed by atoms with Gasteiger partial charge >= 0.3 is 0 Å². The lowest BCUT2D eigenvalue weighted by atomic mass is 10.1. The van der Waals surface area contributed by atoms with Gasteiger partial charge in [0.05, 0.1) is 24.8 Å². The van der Waals surface area contributed by atoms with E-state index in [1.165, 1.54) is 23.5 Å². The third-order valence-electron chi connectivity index (χ3n) is 5.29. The molecule has 1 fully saturated rings. The van der Waals surface area contributed by atoms with Gasteiger partial charge < -0.3 is 14.8 Å². The average molecular weight is 433 g/mol. The molecule has 1 aliphatic heterocycles. The molecule has 3 rings (SSSR count). The molecular formula is C22H28N2O5S. The topological polar surface area (TPSA) is 84.9 Å². The normalized spacial score (nSPS) is 15.3. The molecule has 0 atom stereocenters. The number of methoxy groups -OCH3 is 2. The van der Waals surface area contributed by atoms with Crippen LogP contribution in [0.2, 0.25) is 0 Å². The molecule has 30 heavy (non-hydrogen) atoms. The Morgan fingerprint density at radius 2 is 1.60 bits per heavy atom. The van der Waals surface area contributed by atoms with Gasteiger partial charge in [-0.15, -0.1) is 0 Å². The van der Waals surface area contributed by atoms with Crippen LogP contribution in [0.15, 0.2) is 41.3 Å². The highest BCUT2D eigenvalue weighted by Gasteiger charge is 2.26. The monoisotopic (exact) mass is 432 g/mol. The first-order chi connectivity index (χ1) is 14.4. The zero-order valence-corrected chi connectivity index (χ0v) is 18.4. The van der Waals surface area contributed by atoms with Crippen molar-refractivity contribution in [3.8, 4) is 11.5 Å². The molecule has 0 spiro atoms. The third-order valence-corrected chi connectivity index (χ3v) is 7.19. The van der Waals surface area contributed by atoms with E-state index < -0.39 is 10.0 Å². The Kier molecular flexibility index (Phi) is 6.99. The molecule has 1 saturated heterocycles. The van der Waals surface area contributed by atoms with Crippen LogP contribution in [-0.2, 0) is 10.0 Å². The van der Waals surface area contributed by atoms with Crippen molar-refractivity contribution in [2.45, 2.75) is 37.5 Å². The van der Waals surface area contributed by atoms with Gasteiger partial charge in [0, 0.05) is 18.7 Å². The van der Waals surface area contributed by atoms with Gasteiger partial charge in [-0.1, -0.05) is 18.9 Å². The molecule has 1 N–H and O–H groups in total. The first-order valence-electron chi connectivity index (χ1n) is 10.0. The fourth-order valence-electron chi connectivity index (χ4n) is 3.53. The molecule has 1 aliphatic rings. The summed E-state index contributed by atoms with van der Waals surface area (Å²) in [4.78, 5) is 12.9. The van der Waals surface area contributed by atoms with Crippen LogP contribution >= 0.6 is 0 Å². The lowest BCUT2D eigenvalue weighted by Gasteiger charge is -2.21. The second-order valence-electron chi connectivity index (χ2n) is 7.32. The Morgan fingerprint density at radius 1 is 0.933 bits per heavy atom. The lowest BCUT2D eigenvalue weighted by Crippen LogP contribution is -2.32. The Morgan fingerprint density at radius 3 is 2.23 bits per heavy atom. The Balaban J connectivity index is 1.90. The Bertz CT molecular complexity index is 1010. The second-order valence-corrected chi connectivity index (χ2v) is 9.26. The predicted molar refractivity (Wildman–Crippen MR) is 116 cm³/mol. The van der Waals surface area contributed by atoms with E-state index in [-0.39, 0.29) is 10.8 Å². The number of hydrogen-bond acceptors (Lipinski definition) is 5. The van der Waals surface area contributed by atoms with Gasteiger partial charge in [0.1, 0.15) is 11.5 Å². The number of hydrogen-bond donors (Lipinski definition) is 1. The fraction of sp³-hybridized carbons (Fsp3) is 0.409. The number of nitrogens with one attached hydrogen (secondary N) is 1. The maximum Gasteiger partial charge on any atom is 0.255 e. The number of carbonyl (C=O) groups excluding carboxylic acids is 1. The van der Waals surface area contributed by atoms with Crippen molar-refractivity contribution in [2.75, 3.05) is 32.6 Å². The van der Waals surface area contributed by atoms with E-state index in [1.807, 2.05) is 6.92 Å². The summed E-state index contributed by atoms with van der Waals surface area (Å²) < 4.78 is 38.4. The van der Waals surface area contributed by atoms with E-state index in [9.17, 15) is 13.2 Å². The minimum atomic E-state index is -3.64. The van der Waals surface area contributed by atoms with Crippen LogP contribution in [0.4, 0.5) is 5.69 Å². The molecule has 2 aromatic rings. The summed E-state index contributed by atoms with van der Waals surface area (Å²) in [6, 6.07) is 9.68. The van der Waals surface area contributed by atoms with Crippen LogP contribution in [0, 0.1) is 6.92 Å². The minimum absolute atomic E-state index is 0.141. The van der Waals surface area contributed by atoms with Gasteiger partial charge in [0.2, 0.25) is 10.0 Å². The number of anilines is 1. The van der Waals surface area contributed by atoms with Gasteiger partial charge in [0.25, 0.3) is 5.91 Å². The van der Waals surface area contributed by atoms with Crippen molar-refractivity contribution in [3.05, 3.63) is 47.5 Å². The van der Waals surface area contributed by atoms with Gasteiger partial charge in [-0.05, 0) is 55.7 Å². The van der Waals surface area contributed by atoms with Gasteiger partial charge in [-0.25, -0.2) is 8.42 Å². The van der Waals surface area contributed by atoms with Gasteiger partial charge in [-0.2, -0.15) is 4.31 Å². The number of rotatable bonds is 6. The zero-order valence-electron chi connectivity index (χ0n) is 17.6. The molecule has 0 aliphatic carbocycles. The Labute approximate surface area is 178 Å². The fourth-order valence-corrected chi connectivity index (χ4v) is 5.08. The largest absolute Gasteiger partial charge is 0.496 e. The van der Waals surface area contributed by atoms with Gasteiger partial charge in [0.15, 0.2) is 0 Å². The molecule has 0 radical (unpaired) electrons. The van der Waals surface area contributed by atoms with Crippen LogP contribution in [0.25, 0.3) is 0 Å². The van der Waals surface area contributed by atoms with E-state index in [1.54, 1.807) is 31.4 Å². The third kappa shape index (κ3) is 4.76. The molecule has 0 aromatic heterocycles. The van der Waals surface area contributed by atoms with E-state index >= 15 is 0 Å². The maximum atomic E-state index is 13.1. The number of aryl methyl sites for hydroxylation is 1. The molecule has 8 heteroatoms. The predicted octanol–water partition coefficient (Wildman–Crippen LogP) is 3.83. The minimum Gasteiger partial charge on any atom is -0.496 e. The lowest BCUT2D eigenvalue weighted by molar-refractivity contribution is 0.102. The van der Waals surface area contributed by atoms with Crippen molar-refractivity contribution in [3.63, 3.8) is 0 Å². The van der Waals surface area contributed by atoms with Crippen LogP contribution in [0.5, 0.6) is 11.5 Å². The van der Waals surface area contributed by atoms with Crippen LogP contribution < -0.4 is 14.8 Å². The van der Waals surface area contributed by atoms with Crippen LogP contribution in [0.1, 0.15) is 41.6 Å². The van der Waals surface area contributed by atoms with Crippen LogP contribution in [0.3, 0.4) is 0 Å². The number of benzene rings is 2. The summed E-state index contributed by atoms with van der Waals surface area (Å²) in [6.07, 6.45) is 3.79. The average Bonchev–Trinajstić information content (AvgIpc) is 3.04. The SMILES string of the molecule is COc1cc(C(=O)Nc2cc(S(=O)(=O)N3CCCCCC3)ccc2OC)ccc1C. The molecule has 1 heterocycles. The molecule has 162 valence electrons. The standard InChI is InChI=1S/C22H28N2O5S/c1-16-8-9-17(14-21(16)29-3)22(25)23-19-15-18(10-11-20(19)28-2)30(26,27)24-12-6-4-5-7-13-24/h8-11,14-15H,4-7,12-13H2,1-3H3,(H,23,25). The number of sulfonamides is 1. The molecule has 2 aromatic carbocycles. The Hall–Kier alpha value is -2.58.